The largest absolute Gasteiger partial charge is 0.453 e. The van der Waals surface area contributed by atoms with Gasteiger partial charge in [0.25, 0.3) is 0 Å². The summed E-state index contributed by atoms with van der Waals surface area (Å²) >= 11 is 0. The van der Waals surface area contributed by atoms with Crippen molar-refractivity contribution in [2.75, 3.05) is 20.2 Å². The van der Waals surface area contributed by atoms with Crippen molar-refractivity contribution < 1.29 is 23.9 Å². The number of carbonyl (C=O) groups excluding carboxylic acids is 3. The molecule has 12 nitrogen and oxygen atoms in total. The summed E-state index contributed by atoms with van der Waals surface area (Å²) in [6, 6.07) is 31.8. The lowest BCUT2D eigenvalue weighted by Gasteiger charge is -2.29. The molecular weight excluding hydrogens is 719 g/mol. The van der Waals surface area contributed by atoms with Crippen LogP contribution in [0.5, 0.6) is 0 Å². The molecule has 2 aliphatic heterocycles. The van der Waals surface area contributed by atoms with E-state index in [1.54, 1.807) is 4.90 Å². The number of hydrogen-bond donors (Lipinski definition) is 3. The van der Waals surface area contributed by atoms with E-state index in [-0.39, 0.29) is 36.6 Å². The van der Waals surface area contributed by atoms with Crippen LogP contribution in [0, 0.1) is 5.92 Å². The summed E-state index contributed by atoms with van der Waals surface area (Å²) in [7, 11) is 1.30. The standard InChI is InChI=1S/C45H47N7O5/c1-28(2)40(50-44(54)56-3)43(53)51-23-7-12-39(51)42-47-35-22-21-34(25-36(35)48-42)32-15-13-30(14-16-32)31-17-19-33(20-18-31)37-26-46-41(49-37)38-11-8-24-52(38)45(55)57-27-29-9-5-4-6-10-29/h4-6,9-10,13-22,25-26,28,38-40H,7-8,11-12,23-24,27H2,1-3H3,(H,46,49)(H,47,48)(H,50,54)/t38-,39-,40+/m0/s1. The van der Waals surface area contributed by atoms with Crippen molar-refractivity contribution in [2.24, 2.45) is 5.92 Å². The van der Waals surface area contributed by atoms with Gasteiger partial charge in [-0.05, 0) is 77.1 Å². The number of nitrogens with one attached hydrogen (secondary N) is 3. The zero-order chi connectivity index (χ0) is 39.5. The summed E-state index contributed by atoms with van der Waals surface area (Å²) in [4.78, 5) is 58.7. The quantitative estimate of drug-likeness (QED) is 0.126. The molecule has 0 radical (unpaired) electrons. The number of H-pyrrole nitrogens is 2. The van der Waals surface area contributed by atoms with Gasteiger partial charge < -0.3 is 29.7 Å². The Morgan fingerprint density at radius 1 is 0.772 bits per heavy atom. The van der Waals surface area contributed by atoms with E-state index in [1.165, 1.54) is 7.11 Å². The van der Waals surface area contributed by atoms with Crippen LogP contribution < -0.4 is 5.32 Å². The van der Waals surface area contributed by atoms with Crippen LogP contribution in [0.25, 0.3) is 44.5 Å². The van der Waals surface area contributed by atoms with Gasteiger partial charge in [-0.15, -0.1) is 0 Å². The van der Waals surface area contributed by atoms with Gasteiger partial charge in [-0.25, -0.2) is 19.6 Å². The molecule has 0 bridgehead atoms. The first-order chi connectivity index (χ1) is 27.7. The third-order valence-corrected chi connectivity index (χ3v) is 11.1. The van der Waals surface area contributed by atoms with Gasteiger partial charge in [0.15, 0.2) is 0 Å². The Bertz CT molecular complexity index is 2350. The lowest BCUT2D eigenvalue weighted by Crippen LogP contribution is -2.51. The molecule has 4 aromatic carbocycles. The van der Waals surface area contributed by atoms with Crippen LogP contribution in [0.2, 0.25) is 0 Å². The molecule has 3 atom stereocenters. The molecular formula is C45H47N7O5. The Morgan fingerprint density at radius 2 is 1.39 bits per heavy atom. The minimum atomic E-state index is -0.682. The molecule has 3 amide bonds. The predicted octanol–water partition coefficient (Wildman–Crippen LogP) is 8.80. The molecule has 2 saturated heterocycles. The second-order valence-corrected chi connectivity index (χ2v) is 15.1. The first-order valence-electron chi connectivity index (χ1n) is 19.6. The highest BCUT2D eigenvalue weighted by atomic mass is 16.6. The number of aromatic nitrogens is 4. The van der Waals surface area contributed by atoms with Crippen molar-refractivity contribution >= 4 is 29.1 Å². The minimum Gasteiger partial charge on any atom is -0.453 e. The van der Waals surface area contributed by atoms with Gasteiger partial charge in [0, 0.05) is 13.1 Å². The average Bonchev–Trinajstić information content (AvgIpc) is 4.08. The summed E-state index contributed by atoms with van der Waals surface area (Å²) in [5.74, 6) is 1.29. The van der Waals surface area contributed by atoms with Crippen LogP contribution in [-0.4, -0.2) is 74.1 Å². The summed E-state index contributed by atoms with van der Waals surface area (Å²) in [6.07, 6.45) is 4.28. The van der Waals surface area contributed by atoms with Crippen molar-refractivity contribution in [1.82, 2.24) is 35.1 Å². The first-order valence-corrected chi connectivity index (χ1v) is 19.6. The smallest absolute Gasteiger partial charge is 0.410 e. The fourth-order valence-corrected chi connectivity index (χ4v) is 7.98. The lowest BCUT2D eigenvalue weighted by molar-refractivity contribution is -0.135. The zero-order valence-electron chi connectivity index (χ0n) is 32.4. The number of carbonyl (C=O) groups is 3. The molecule has 4 heterocycles. The molecule has 2 fully saturated rings. The van der Waals surface area contributed by atoms with Crippen LogP contribution in [0.4, 0.5) is 9.59 Å². The van der Waals surface area contributed by atoms with Crippen LogP contribution in [0.1, 0.15) is 68.8 Å². The second-order valence-electron chi connectivity index (χ2n) is 15.1. The molecule has 12 heteroatoms. The molecule has 8 rings (SSSR count). The average molecular weight is 766 g/mol. The fourth-order valence-electron chi connectivity index (χ4n) is 7.98. The van der Waals surface area contributed by atoms with Crippen LogP contribution >= 0.6 is 0 Å². The number of amides is 3. The highest BCUT2D eigenvalue weighted by Crippen LogP contribution is 2.35. The second kappa shape index (κ2) is 16.4. The number of aromatic amines is 2. The van der Waals surface area contributed by atoms with E-state index in [0.717, 1.165) is 87.4 Å². The third-order valence-electron chi connectivity index (χ3n) is 11.1. The van der Waals surface area contributed by atoms with E-state index in [2.05, 4.69) is 80.9 Å². The van der Waals surface area contributed by atoms with E-state index in [4.69, 9.17) is 14.5 Å². The fraction of sp³-hybridized carbons (Fsp3) is 0.311. The van der Waals surface area contributed by atoms with Gasteiger partial charge in [-0.1, -0.05) is 98.8 Å². The Labute approximate surface area is 331 Å². The number of likely N-dealkylation sites (tertiary alicyclic amines) is 2. The summed E-state index contributed by atoms with van der Waals surface area (Å²) in [6.45, 7) is 5.31. The van der Waals surface area contributed by atoms with Crippen LogP contribution in [0.3, 0.4) is 0 Å². The van der Waals surface area contributed by atoms with Crippen molar-refractivity contribution in [3.05, 3.63) is 120 Å². The molecule has 0 saturated carbocycles. The summed E-state index contributed by atoms with van der Waals surface area (Å²) < 4.78 is 10.4. The monoisotopic (exact) mass is 765 g/mol. The van der Waals surface area contributed by atoms with Gasteiger partial charge in [-0.3, -0.25) is 9.69 Å². The summed E-state index contributed by atoms with van der Waals surface area (Å²) in [5.41, 5.74) is 8.94. The highest BCUT2D eigenvalue weighted by molar-refractivity contribution is 5.87. The first kappa shape index (κ1) is 37.5. The van der Waals surface area contributed by atoms with Gasteiger partial charge in [-0.2, -0.15) is 0 Å². The Kier molecular flexibility index (Phi) is 10.8. The Hall–Kier alpha value is -6.43. The SMILES string of the molecule is COC(=O)N[C@@H](C(=O)N1CCC[C@H]1c1nc2ccc(-c3ccc(-c4ccc(-c5cnc([C@@H]6CCCN6C(=O)OCc6ccccc6)[nH]5)cc4)cc3)cc2[nH]1)C(C)C. The topological polar surface area (TPSA) is 146 Å². The molecule has 0 unspecified atom stereocenters. The lowest BCUT2D eigenvalue weighted by atomic mass is 9.99. The predicted molar refractivity (Wildman–Crippen MR) is 218 cm³/mol. The van der Waals surface area contributed by atoms with E-state index in [0.29, 0.717) is 13.1 Å². The number of benzene rings is 4. The number of rotatable bonds is 10. The number of hydrogen-bond acceptors (Lipinski definition) is 7. The van der Waals surface area contributed by atoms with Crippen molar-refractivity contribution in [2.45, 2.75) is 64.3 Å². The molecule has 57 heavy (non-hydrogen) atoms. The maximum absolute atomic E-state index is 13.6. The van der Waals surface area contributed by atoms with Crippen molar-refractivity contribution in [1.29, 1.82) is 0 Å². The van der Waals surface area contributed by atoms with Crippen LogP contribution in [0.15, 0.2) is 103 Å². The minimum absolute atomic E-state index is 0.0990. The molecule has 0 spiro atoms. The number of methoxy groups -OCH3 is 1. The Balaban J connectivity index is 0.917. The highest BCUT2D eigenvalue weighted by Gasteiger charge is 2.38. The third kappa shape index (κ3) is 7.98. The van der Waals surface area contributed by atoms with E-state index in [1.807, 2.05) is 61.3 Å². The molecule has 3 N–H and O–H groups in total. The zero-order valence-corrected chi connectivity index (χ0v) is 32.4. The van der Waals surface area contributed by atoms with Crippen LogP contribution in [-0.2, 0) is 20.9 Å². The van der Waals surface area contributed by atoms with E-state index in [9.17, 15) is 14.4 Å². The van der Waals surface area contributed by atoms with Gasteiger partial charge in [0.1, 0.15) is 24.3 Å². The maximum atomic E-state index is 13.6. The molecule has 292 valence electrons. The molecule has 6 aromatic rings. The summed E-state index contributed by atoms with van der Waals surface area (Å²) in [5, 5.41) is 2.71. The molecule has 2 aliphatic rings. The number of imidazole rings is 2. The Morgan fingerprint density at radius 3 is 2.05 bits per heavy atom. The van der Waals surface area contributed by atoms with Gasteiger partial charge in [0.2, 0.25) is 5.91 Å². The molecule has 2 aromatic heterocycles. The number of nitrogens with zero attached hydrogens (tertiary/aromatic N) is 4. The van der Waals surface area contributed by atoms with Crippen molar-refractivity contribution in [3.63, 3.8) is 0 Å². The van der Waals surface area contributed by atoms with E-state index < -0.39 is 12.1 Å². The number of ether oxygens (including phenoxy) is 2. The normalized spacial score (nSPS) is 17.3. The van der Waals surface area contributed by atoms with Gasteiger partial charge >= 0.3 is 12.2 Å². The van der Waals surface area contributed by atoms with E-state index >= 15 is 0 Å². The van der Waals surface area contributed by atoms with Crippen molar-refractivity contribution in [3.8, 4) is 33.5 Å². The maximum Gasteiger partial charge on any atom is 0.410 e. The molecule has 0 aliphatic carbocycles. The number of fused-ring (bicyclic) bond motifs is 1. The van der Waals surface area contributed by atoms with Gasteiger partial charge in [0.05, 0.1) is 42.1 Å². The number of alkyl carbamates (subject to hydrolysis) is 1.